The number of amides is 2. The van der Waals surface area contributed by atoms with Gasteiger partial charge in [-0.25, -0.2) is 4.79 Å². The van der Waals surface area contributed by atoms with Gasteiger partial charge in [-0.05, 0) is 60.3 Å². The summed E-state index contributed by atoms with van der Waals surface area (Å²) < 4.78 is 5.64. The number of carbonyl (C=O) groups is 3. The van der Waals surface area contributed by atoms with Gasteiger partial charge in [0, 0.05) is 24.4 Å². The molecule has 0 heterocycles. The summed E-state index contributed by atoms with van der Waals surface area (Å²) in [5.74, 6) is -1.32. The molecule has 2 fully saturated rings. The van der Waals surface area contributed by atoms with Crippen LogP contribution in [0.1, 0.15) is 55.6 Å². The highest BCUT2D eigenvalue weighted by atomic mass is 16.5. The molecule has 2 amide bonds. The number of fused-ring (bicyclic) bond motifs is 3. The Morgan fingerprint density at radius 3 is 2.29 bits per heavy atom. The molecule has 4 atom stereocenters. The summed E-state index contributed by atoms with van der Waals surface area (Å²) in [7, 11) is 0. The highest BCUT2D eigenvalue weighted by Crippen LogP contribution is 2.44. The second-order valence-corrected chi connectivity index (χ2v) is 10.1. The number of hydrogen-bond donors (Lipinski definition) is 3. The van der Waals surface area contributed by atoms with Crippen LogP contribution in [-0.4, -0.2) is 42.3 Å². The van der Waals surface area contributed by atoms with Gasteiger partial charge in [-0.3, -0.25) is 9.59 Å². The van der Waals surface area contributed by atoms with E-state index in [0.29, 0.717) is 25.8 Å². The lowest BCUT2D eigenvalue weighted by atomic mass is 9.96. The van der Waals surface area contributed by atoms with Crippen LogP contribution in [0.5, 0.6) is 0 Å². The van der Waals surface area contributed by atoms with Gasteiger partial charge < -0.3 is 20.5 Å². The second-order valence-electron chi connectivity index (χ2n) is 10.1. The largest absolute Gasteiger partial charge is 0.481 e. The van der Waals surface area contributed by atoms with Crippen molar-refractivity contribution in [3.8, 4) is 11.1 Å². The predicted molar refractivity (Wildman–Crippen MR) is 131 cm³/mol. The zero-order valence-electron chi connectivity index (χ0n) is 19.7. The monoisotopic (exact) mass is 476 g/mol. The fourth-order valence-corrected chi connectivity index (χ4v) is 6.14. The van der Waals surface area contributed by atoms with Gasteiger partial charge in [0.05, 0.1) is 5.92 Å². The van der Waals surface area contributed by atoms with Crippen LogP contribution in [-0.2, 0) is 14.3 Å². The maximum atomic E-state index is 12.6. The van der Waals surface area contributed by atoms with E-state index < -0.39 is 12.1 Å². The van der Waals surface area contributed by atoms with Crippen LogP contribution in [0.15, 0.2) is 48.5 Å². The lowest BCUT2D eigenvalue weighted by molar-refractivity contribution is -0.143. The summed E-state index contributed by atoms with van der Waals surface area (Å²) in [6.45, 7) is 0.680. The van der Waals surface area contributed by atoms with Crippen molar-refractivity contribution >= 4 is 18.0 Å². The van der Waals surface area contributed by atoms with E-state index in [0.717, 1.165) is 19.3 Å². The number of carbonyl (C=O) groups excluding carboxylic acids is 2. The van der Waals surface area contributed by atoms with Crippen LogP contribution in [0, 0.1) is 17.8 Å². The quantitative estimate of drug-likeness (QED) is 0.552. The first kappa shape index (κ1) is 23.4. The molecule has 184 valence electrons. The fourth-order valence-electron chi connectivity index (χ4n) is 6.14. The van der Waals surface area contributed by atoms with Crippen molar-refractivity contribution in [3.63, 3.8) is 0 Å². The minimum absolute atomic E-state index is 0.00704. The van der Waals surface area contributed by atoms with Crippen LogP contribution in [0.4, 0.5) is 4.79 Å². The molecule has 2 aromatic rings. The van der Waals surface area contributed by atoms with Crippen LogP contribution < -0.4 is 10.6 Å². The molecule has 7 nitrogen and oxygen atoms in total. The Labute approximate surface area is 205 Å². The molecular formula is C28H32N2O5. The van der Waals surface area contributed by atoms with E-state index in [1.807, 2.05) is 24.3 Å². The van der Waals surface area contributed by atoms with E-state index in [1.165, 1.54) is 22.3 Å². The average molecular weight is 477 g/mol. The third-order valence-corrected chi connectivity index (χ3v) is 7.98. The van der Waals surface area contributed by atoms with Gasteiger partial charge in [-0.15, -0.1) is 0 Å². The molecule has 2 unspecified atom stereocenters. The summed E-state index contributed by atoms with van der Waals surface area (Å²) in [5, 5.41) is 15.2. The number of carboxylic acid groups (broad SMARTS) is 1. The molecule has 5 rings (SSSR count). The van der Waals surface area contributed by atoms with Gasteiger partial charge in [-0.2, -0.15) is 0 Å². The normalized spacial score (nSPS) is 25.0. The van der Waals surface area contributed by atoms with Gasteiger partial charge in [-0.1, -0.05) is 55.0 Å². The van der Waals surface area contributed by atoms with Crippen LogP contribution >= 0.6 is 0 Å². The van der Waals surface area contributed by atoms with E-state index in [9.17, 15) is 19.5 Å². The fraction of sp³-hybridized carbons (Fsp3) is 0.464. The Balaban J connectivity index is 1.09. The molecule has 2 saturated carbocycles. The van der Waals surface area contributed by atoms with E-state index in [-0.39, 0.29) is 42.2 Å². The summed E-state index contributed by atoms with van der Waals surface area (Å²) >= 11 is 0. The summed E-state index contributed by atoms with van der Waals surface area (Å²) in [4.78, 5) is 36.6. The van der Waals surface area contributed by atoms with E-state index in [4.69, 9.17) is 4.74 Å². The van der Waals surface area contributed by atoms with Crippen LogP contribution in [0.2, 0.25) is 0 Å². The Kier molecular flexibility index (Phi) is 6.75. The minimum Gasteiger partial charge on any atom is -0.481 e. The van der Waals surface area contributed by atoms with E-state index >= 15 is 0 Å². The molecule has 0 bridgehead atoms. The summed E-state index contributed by atoms with van der Waals surface area (Å²) in [6, 6.07) is 16.4. The van der Waals surface area contributed by atoms with Gasteiger partial charge >= 0.3 is 12.1 Å². The third kappa shape index (κ3) is 4.90. The van der Waals surface area contributed by atoms with Crippen molar-refractivity contribution in [3.05, 3.63) is 59.7 Å². The molecular weight excluding hydrogens is 444 g/mol. The third-order valence-electron chi connectivity index (χ3n) is 7.98. The molecule has 7 heteroatoms. The Bertz CT molecular complexity index is 1070. The lowest BCUT2D eigenvalue weighted by Crippen LogP contribution is -2.37. The van der Waals surface area contributed by atoms with Crippen molar-refractivity contribution in [1.29, 1.82) is 0 Å². The zero-order chi connectivity index (χ0) is 24.4. The molecule has 0 saturated heterocycles. The van der Waals surface area contributed by atoms with Gasteiger partial charge in [0.1, 0.15) is 6.61 Å². The minimum atomic E-state index is -0.769. The Hall–Kier alpha value is -3.35. The maximum absolute atomic E-state index is 12.6. The number of ether oxygens (including phenoxy) is 1. The predicted octanol–water partition coefficient (Wildman–Crippen LogP) is 4.31. The zero-order valence-corrected chi connectivity index (χ0v) is 19.7. The highest BCUT2D eigenvalue weighted by Gasteiger charge is 2.35. The Morgan fingerprint density at radius 2 is 1.60 bits per heavy atom. The molecule has 35 heavy (non-hydrogen) atoms. The van der Waals surface area contributed by atoms with E-state index in [2.05, 4.69) is 34.9 Å². The number of benzene rings is 2. The first-order valence-corrected chi connectivity index (χ1v) is 12.6. The molecule has 0 radical (unpaired) electrons. The molecule has 0 aliphatic heterocycles. The number of aliphatic carboxylic acids is 1. The molecule has 0 spiro atoms. The van der Waals surface area contributed by atoms with Crippen molar-refractivity contribution in [2.45, 2.75) is 50.5 Å². The number of hydrogen-bond acceptors (Lipinski definition) is 4. The maximum Gasteiger partial charge on any atom is 0.407 e. The molecule has 3 N–H and O–H groups in total. The van der Waals surface area contributed by atoms with Crippen molar-refractivity contribution in [2.24, 2.45) is 17.8 Å². The average Bonchev–Trinajstić information content (AvgIpc) is 3.59. The second kappa shape index (κ2) is 10.1. The summed E-state index contributed by atoms with van der Waals surface area (Å²) in [6.07, 6.45) is 3.97. The highest BCUT2D eigenvalue weighted by molar-refractivity contribution is 5.80. The van der Waals surface area contributed by atoms with Gasteiger partial charge in [0.15, 0.2) is 0 Å². The SMILES string of the molecule is O=C(N[C@@H]1CC[C@H](C(=O)NCC2CCCC2C(=O)O)C1)OCC1c2ccccc2-c2ccccc21. The standard InChI is InChI=1S/C28H32N2O5/c31-26(29-15-18-6-5-11-20(18)27(32)33)17-12-13-19(14-17)30-28(34)35-16-25-23-9-3-1-7-21(23)22-8-2-4-10-24(22)25/h1-4,7-10,17-20,25H,5-6,11-16H2,(H,29,31)(H,30,34)(H,32,33)/t17-,18?,19+,20?/m0/s1. The first-order valence-electron chi connectivity index (χ1n) is 12.6. The smallest absolute Gasteiger partial charge is 0.407 e. The number of carboxylic acids is 1. The van der Waals surface area contributed by atoms with E-state index in [1.54, 1.807) is 0 Å². The number of alkyl carbamates (subject to hydrolysis) is 1. The first-order chi connectivity index (χ1) is 17.0. The Morgan fingerprint density at radius 1 is 0.914 bits per heavy atom. The number of nitrogens with one attached hydrogen (secondary N) is 2. The molecule has 2 aromatic carbocycles. The summed E-state index contributed by atoms with van der Waals surface area (Å²) in [5.41, 5.74) is 4.72. The van der Waals surface area contributed by atoms with Crippen LogP contribution in [0.3, 0.4) is 0 Å². The number of rotatable bonds is 7. The molecule has 3 aliphatic carbocycles. The van der Waals surface area contributed by atoms with Crippen molar-refractivity contribution < 1.29 is 24.2 Å². The molecule has 3 aliphatic rings. The topological polar surface area (TPSA) is 105 Å². The molecule has 0 aromatic heterocycles. The van der Waals surface area contributed by atoms with Crippen molar-refractivity contribution in [2.75, 3.05) is 13.2 Å². The van der Waals surface area contributed by atoms with Crippen LogP contribution in [0.25, 0.3) is 11.1 Å². The lowest BCUT2D eigenvalue weighted by Gasteiger charge is -2.19. The van der Waals surface area contributed by atoms with Gasteiger partial charge in [0.2, 0.25) is 5.91 Å². The van der Waals surface area contributed by atoms with Gasteiger partial charge in [0.25, 0.3) is 0 Å². The van der Waals surface area contributed by atoms with Crippen molar-refractivity contribution in [1.82, 2.24) is 10.6 Å².